The van der Waals surface area contributed by atoms with Crippen LogP contribution in [0.1, 0.15) is 27.0 Å². The average molecular weight is 404 g/mol. The summed E-state index contributed by atoms with van der Waals surface area (Å²) in [6.07, 6.45) is 0. The van der Waals surface area contributed by atoms with Crippen molar-refractivity contribution >= 4 is 50.7 Å². The van der Waals surface area contributed by atoms with Gasteiger partial charge in [0.05, 0.1) is 34.4 Å². The zero-order valence-corrected chi connectivity index (χ0v) is 16.3. The highest BCUT2D eigenvalue weighted by Gasteiger charge is 2.15. The molecule has 0 spiro atoms. The molecule has 3 aromatic rings. The molecular weight excluding hydrogens is 388 g/mol. The second-order valence-electron chi connectivity index (χ2n) is 5.34. The molecule has 0 saturated carbocycles. The summed E-state index contributed by atoms with van der Waals surface area (Å²) >= 11 is 2.51. The van der Waals surface area contributed by atoms with Gasteiger partial charge < -0.3 is 14.0 Å². The largest absolute Gasteiger partial charge is 0.468 e. The molecule has 1 aromatic carbocycles. The normalized spacial score (nSPS) is 11.6. The number of carbonyl (C=O) groups is 3. The Morgan fingerprint density at radius 1 is 1.22 bits per heavy atom. The molecule has 0 aliphatic rings. The lowest BCUT2D eigenvalue weighted by Crippen LogP contribution is -2.22. The number of ether oxygens (including phenoxy) is 2. The second kappa shape index (κ2) is 8.28. The van der Waals surface area contributed by atoms with Gasteiger partial charge in [-0.25, -0.2) is 4.79 Å². The van der Waals surface area contributed by atoms with Gasteiger partial charge in [0.15, 0.2) is 4.80 Å². The van der Waals surface area contributed by atoms with Crippen LogP contribution >= 0.6 is 22.7 Å². The maximum absolute atomic E-state index is 12.4. The number of amides is 1. The summed E-state index contributed by atoms with van der Waals surface area (Å²) in [4.78, 5) is 41.2. The summed E-state index contributed by atoms with van der Waals surface area (Å²) in [7, 11) is 1.30. The van der Waals surface area contributed by atoms with Crippen LogP contribution in [0.4, 0.5) is 0 Å². The van der Waals surface area contributed by atoms with Crippen molar-refractivity contribution < 1.29 is 23.9 Å². The highest BCUT2D eigenvalue weighted by molar-refractivity contribution is 7.16. The molecule has 0 radical (unpaired) electrons. The molecule has 9 heteroatoms. The second-order valence-corrected chi connectivity index (χ2v) is 7.30. The molecule has 0 aliphatic carbocycles. The predicted molar refractivity (Wildman–Crippen MR) is 102 cm³/mol. The maximum Gasteiger partial charge on any atom is 0.338 e. The fourth-order valence-corrected chi connectivity index (χ4v) is 4.06. The molecule has 0 aliphatic heterocycles. The Hall–Kier alpha value is -2.78. The molecule has 2 heterocycles. The molecule has 0 fully saturated rings. The van der Waals surface area contributed by atoms with Gasteiger partial charge in [0, 0.05) is 0 Å². The number of aromatic nitrogens is 1. The van der Waals surface area contributed by atoms with Gasteiger partial charge >= 0.3 is 11.9 Å². The minimum Gasteiger partial charge on any atom is -0.468 e. The van der Waals surface area contributed by atoms with Crippen molar-refractivity contribution in [1.82, 2.24) is 4.57 Å². The Morgan fingerprint density at radius 2 is 2.04 bits per heavy atom. The fraction of sp³-hybridized carbons (Fsp3) is 0.222. The van der Waals surface area contributed by atoms with Crippen LogP contribution in [0.2, 0.25) is 0 Å². The van der Waals surface area contributed by atoms with E-state index in [0.29, 0.717) is 25.5 Å². The zero-order valence-electron chi connectivity index (χ0n) is 14.6. The van der Waals surface area contributed by atoms with Crippen molar-refractivity contribution in [2.24, 2.45) is 4.99 Å². The Morgan fingerprint density at radius 3 is 2.70 bits per heavy atom. The number of benzene rings is 1. The van der Waals surface area contributed by atoms with E-state index in [1.165, 1.54) is 29.8 Å². The average Bonchev–Trinajstić information content (AvgIpc) is 3.30. The first kappa shape index (κ1) is 19.0. The van der Waals surface area contributed by atoms with Crippen LogP contribution in [0.25, 0.3) is 10.2 Å². The van der Waals surface area contributed by atoms with Gasteiger partial charge in [0.25, 0.3) is 5.91 Å². The molecular formula is C18H16N2O5S2. The standard InChI is InChI=1S/C18H16N2O5S2/c1-3-25-17(23)11-6-7-12-14(9-11)27-18(20(12)10-15(21)24-2)19-16(22)13-5-4-8-26-13/h4-9H,3,10H2,1-2H3. The van der Waals surface area contributed by atoms with Crippen molar-refractivity contribution in [1.29, 1.82) is 0 Å². The summed E-state index contributed by atoms with van der Waals surface area (Å²) in [5, 5.41) is 1.79. The van der Waals surface area contributed by atoms with Gasteiger partial charge in [-0.05, 0) is 36.6 Å². The van der Waals surface area contributed by atoms with Crippen LogP contribution < -0.4 is 4.80 Å². The number of hydrogen-bond acceptors (Lipinski definition) is 7. The number of methoxy groups -OCH3 is 1. The molecule has 0 N–H and O–H groups in total. The minimum absolute atomic E-state index is 0.0915. The summed E-state index contributed by atoms with van der Waals surface area (Å²) in [6, 6.07) is 8.45. The maximum atomic E-state index is 12.4. The number of nitrogens with zero attached hydrogens (tertiary/aromatic N) is 2. The van der Waals surface area contributed by atoms with Crippen LogP contribution in [0.3, 0.4) is 0 Å². The third-order valence-corrected chi connectivity index (χ3v) is 5.54. The van der Waals surface area contributed by atoms with Crippen LogP contribution in [0.5, 0.6) is 0 Å². The molecule has 0 unspecified atom stereocenters. The van der Waals surface area contributed by atoms with E-state index in [-0.39, 0.29) is 19.1 Å². The van der Waals surface area contributed by atoms with E-state index in [2.05, 4.69) is 4.99 Å². The number of thiophene rings is 1. The Bertz CT molecular complexity index is 1060. The van der Waals surface area contributed by atoms with E-state index >= 15 is 0 Å². The predicted octanol–water partition coefficient (Wildman–Crippen LogP) is 2.86. The number of hydrogen-bond donors (Lipinski definition) is 0. The quantitative estimate of drug-likeness (QED) is 0.610. The molecule has 0 atom stereocenters. The van der Waals surface area contributed by atoms with Gasteiger partial charge in [-0.2, -0.15) is 4.99 Å². The summed E-state index contributed by atoms with van der Waals surface area (Å²) < 4.78 is 12.1. The van der Waals surface area contributed by atoms with Crippen molar-refractivity contribution in [3.63, 3.8) is 0 Å². The van der Waals surface area contributed by atoms with Crippen LogP contribution in [-0.4, -0.2) is 36.1 Å². The van der Waals surface area contributed by atoms with Crippen molar-refractivity contribution in [3.8, 4) is 0 Å². The van der Waals surface area contributed by atoms with E-state index in [9.17, 15) is 14.4 Å². The summed E-state index contributed by atoms with van der Waals surface area (Å²) in [5.41, 5.74) is 1.07. The Balaban J connectivity index is 2.12. The summed E-state index contributed by atoms with van der Waals surface area (Å²) in [5.74, 6) is -1.28. The molecule has 2 aromatic heterocycles. The van der Waals surface area contributed by atoms with E-state index in [1.54, 1.807) is 47.2 Å². The number of carbonyl (C=O) groups excluding carboxylic acids is 3. The summed E-state index contributed by atoms with van der Waals surface area (Å²) in [6.45, 7) is 1.92. The lowest BCUT2D eigenvalue weighted by molar-refractivity contribution is -0.141. The van der Waals surface area contributed by atoms with Crippen LogP contribution in [0, 0.1) is 0 Å². The highest BCUT2D eigenvalue weighted by Crippen LogP contribution is 2.20. The molecule has 27 heavy (non-hydrogen) atoms. The molecule has 7 nitrogen and oxygen atoms in total. The SMILES string of the molecule is CCOC(=O)c1ccc2c(c1)sc(=NC(=O)c1cccs1)n2CC(=O)OC. The van der Waals surface area contributed by atoms with E-state index < -0.39 is 11.9 Å². The van der Waals surface area contributed by atoms with E-state index in [0.717, 1.165) is 0 Å². The first-order valence-electron chi connectivity index (χ1n) is 8.03. The third-order valence-electron chi connectivity index (χ3n) is 3.64. The number of esters is 2. The molecule has 3 rings (SSSR count). The van der Waals surface area contributed by atoms with Gasteiger partial charge in [-0.1, -0.05) is 17.4 Å². The van der Waals surface area contributed by atoms with Crippen molar-refractivity contribution in [2.75, 3.05) is 13.7 Å². The van der Waals surface area contributed by atoms with Crippen molar-refractivity contribution in [2.45, 2.75) is 13.5 Å². The van der Waals surface area contributed by atoms with Crippen molar-refractivity contribution in [3.05, 3.63) is 51.0 Å². The third kappa shape index (κ3) is 4.15. The molecule has 0 bridgehead atoms. The van der Waals surface area contributed by atoms with Gasteiger partial charge in [0.1, 0.15) is 6.54 Å². The zero-order chi connectivity index (χ0) is 19.4. The van der Waals surface area contributed by atoms with Gasteiger partial charge in [-0.3, -0.25) is 9.59 Å². The molecule has 1 amide bonds. The monoisotopic (exact) mass is 404 g/mol. The highest BCUT2D eigenvalue weighted by atomic mass is 32.1. The Labute approximate surface area is 162 Å². The van der Waals surface area contributed by atoms with Gasteiger partial charge in [0.2, 0.25) is 0 Å². The van der Waals surface area contributed by atoms with E-state index in [4.69, 9.17) is 9.47 Å². The topological polar surface area (TPSA) is 87.0 Å². The molecule has 140 valence electrons. The van der Waals surface area contributed by atoms with Gasteiger partial charge in [-0.15, -0.1) is 11.3 Å². The van der Waals surface area contributed by atoms with Crippen LogP contribution in [-0.2, 0) is 20.8 Å². The number of fused-ring (bicyclic) bond motifs is 1. The first-order chi connectivity index (χ1) is 13.0. The Kier molecular flexibility index (Phi) is 5.82. The first-order valence-corrected chi connectivity index (χ1v) is 9.73. The van der Waals surface area contributed by atoms with Crippen LogP contribution in [0.15, 0.2) is 40.7 Å². The smallest absolute Gasteiger partial charge is 0.338 e. The minimum atomic E-state index is -0.464. The molecule has 0 saturated heterocycles. The van der Waals surface area contributed by atoms with E-state index in [1.807, 2.05) is 0 Å². The lowest BCUT2D eigenvalue weighted by atomic mass is 10.2. The fourth-order valence-electron chi connectivity index (χ4n) is 2.39. The number of rotatable bonds is 5. The number of thiazole rings is 1. The lowest BCUT2D eigenvalue weighted by Gasteiger charge is -2.05.